The summed E-state index contributed by atoms with van der Waals surface area (Å²) in [6, 6.07) is 7.43. The molecule has 2 fully saturated rings. The molecule has 1 aromatic rings. The fourth-order valence-electron chi connectivity index (χ4n) is 5.49. The zero-order chi connectivity index (χ0) is 20.8. The second kappa shape index (κ2) is 7.47. The highest BCUT2D eigenvalue weighted by molar-refractivity contribution is 5.90. The van der Waals surface area contributed by atoms with Crippen molar-refractivity contribution in [1.82, 2.24) is 9.80 Å². The highest BCUT2D eigenvalue weighted by Crippen LogP contribution is 2.49. The molecule has 156 valence electrons. The van der Waals surface area contributed by atoms with Crippen molar-refractivity contribution in [1.29, 1.82) is 0 Å². The first kappa shape index (κ1) is 19.9. The maximum Gasteiger partial charge on any atom is 0.311 e. The van der Waals surface area contributed by atoms with Crippen LogP contribution in [0.1, 0.15) is 50.7 Å². The third kappa shape index (κ3) is 3.43. The van der Waals surface area contributed by atoms with Gasteiger partial charge in [0.1, 0.15) is 6.04 Å². The molecular weight excluding hydrogens is 368 g/mol. The molecule has 1 saturated carbocycles. The fourth-order valence-corrected chi connectivity index (χ4v) is 5.49. The quantitative estimate of drug-likeness (QED) is 0.846. The molecule has 0 radical (unpaired) electrons. The smallest absolute Gasteiger partial charge is 0.311 e. The molecule has 2 heterocycles. The Hall–Kier alpha value is -2.37. The average molecular weight is 399 g/mol. The maximum absolute atomic E-state index is 13.5. The number of carboxylic acid groups (broad SMARTS) is 1. The number of hydrogen-bond donors (Lipinski definition) is 1. The van der Waals surface area contributed by atoms with E-state index in [1.54, 1.807) is 9.80 Å². The molecule has 4 rings (SSSR count). The average Bonchev–Trinajstić information content (AvgIpc) is 3.24. The summed E-state index contributed by atoms with van der Waals surface area (Å²) in [4.78, 5) is 42.0. The summed E-state index contributed by atoms with van der Waals surface area (Å²) >= 11 is 0. The van der Waals surface area contributed by atoms with Crippen LogP contribution in [0.2, 0.25) is 0 Å². The topological polar surface area (TPSA) is 77.9 Å². The Balaban J connectivity index is 1.60. The zero-order valence-electron chi connectivity index (χ0n) is 17.3. The number of nitrogens with zero attached hydrogens (tertiary/aromatic N) is 2. The Labute approximate surface area is 171 Å². The minimum absolute atomic E-state index is 0.000178. The first-order valence-corrected chi connectivity index (χ1v) is 10.7. The van der Waals surface area contributed by atoms with E-state index in [0.717, 1.165) is 24.0 Å². The van der Waals surface area contributed by atoms with Crippen LogP contribution < -0.4 is 0 Å². The summed E-state index contributed by atoms with van der Waals surface area (Å²) in [5.74, 6) is -0.625. The molecule has 1 aliphatic carbocycles. The van der Waals surface area contributed by atoms with Gasteiger partial charge in [-0.2, -0.15) is 0 Å². The van der Waals surface area contributed by atoms with Crippen LogP contribution in [-0.2, 0) is 27.3 Å². The molecule has 0 spiro atoms. The number of carbonyl (C=O) groups is 3. The van der Waals surface area contributed by atoms with E-state index in [1.165, 1.54) is 0 Å². The summed E-state index contributed by atoms with van der Waals surface area (Å²) in [6.07, 6.45) is 3.32. The summed E-state index contributed by atoms with van der Waals surface area (Å²) < 4.78 is 0. The van der Waals surface area contributed by atoms with Gasteiger partial charge < -0.3 is 14.9 Å². The van der Waals surface area contributed by atoms with Gasteiger partial charge in [-0.25, -0.2) is 0 Å². The van der Waals surface area contributed by atoms with Crippen LogP contribution in [0.25, 0.3) is 0 Å². The molecule has 2 amide bonds. The summed E-state index contributed by atoms with van der Waals surface area (Å²) in [6.45, 7) is 5.22. The second-order valence-corrected chi connectivity index (χ2v) is 9.38. The van der Waals surface area contributed by atoms with Gasteiger partial charge in [-0.05, 0) is 35.8 Å². The van der Waals surface area contributed by atoms with Gasteiger partial charge in [0.2, 0.25) is 11.8 Å². The number of rotatable bonds is 4. The van der Waals surface area contributed by atoms with E-state index < -0.39 is 17.4 Å². The van der Waals surface area contributed by atoms with Gasteiger partial charge in [-0.15, -0.1) is 0 Å². The molecule has 2 aliphatic heterocycles. The number of hydrogen-bond acceptors (Lipinski definition) is 3. The molecule has 3 atom stereocenters. The van der Waals surface area contributed by atoms with Crippen molar-refractivity contribution < 1.29 is 19.5 Å². The lowest BCUT2D eigenvalue weighted by molar-refractivity contribution is -0.151. The molecule has 29 heavy (non-hydrogen) atoms. The van der Waals surface area contributed by atoms with E-state index in [-0.39, 0.29) is 30.2 Å². The van der Waals surface area contributed by atoms with E-state index in [4.69, 9.17) is 0 Å². The predicted octanol–water partition coefficient (Wildman–Crippen LogP) is 2.70. The Kier molecular flexibility index (Phi) is 5.13. The van der Waals surface area contributed by atoms with Crippen LogP contribution in [0.15, 0.2) is 24.3 Å². The molecule has 6 nitrogen and oxygen atoms in total. The van der Waals surface area contributed by atoms with Crippen molar-refractivity contribution in [2.24, 2.45) is 17.3 Å². The van der Waals surface area contributed by atoms with E-state index in [1.807, 2.05) is 38.1 Å². The number of aliphatic carboxylic acids is 1. The number of carboxylic acids is 1. The molecule has 0 bridgehead atoms. The minimum Gasteiger partial charge on any atom is -0.481 e. The van der Waals surface area contributed by atoms with Crippen molar-refractivity contribution in [2.45, 2.75) is 58.5 Å². The highest BCUT2D eigenvalue weighted by Gasteiger charge is 2.56. The Morgan fingerprint density at radius 2 is 1.93 bits per heavy atom. The fraction of sp³-hybridized carbons (Fsp3) is 0.609. The molecular formula is C23H30N2O4. The minimum atomic E-state index is -0.797. The summed E-state index contributed by atoms with van der Waals surface area (Å²) in [5.41, 5.74) is 1.40. The third-order valence-corrected chi connectivity index (χ3v) is 7.05. The molecule has 1 saturated heterocycles. The van der Waals surface area contributed by atoms with Crippen LogP contribution in [0.5, 0.6) is 0 Å². The Morgan fingerprint density at radius 1 is 1.21 bits per heavy atom. The SMILES string of the molecule is CC(C)CC(=O)N1Cc2ccccc2CC1C(=O)N1C[C@@H]2CCC[C@@]2(C(=O)O)C1. The zero-order valence-corrected chi connectivity index (χ0v) is 17.3. The normalized spacial score (nSPS) is 28.4. The number of amides is 2. The largest absolute Gasteiger partial charge is 0.481 e. The predicted molar refractivity (Wildman–Crippen MR) is 108 cm³/mol. The Bertz CT molecular complexity index is 836. The van der Waals surface area contributed by atoms with Gasteiger partial charge >= 0.3 is 5.97 Å². The lowest BCUT2D eigenvalue weighted by atomic mass is 9.81. The molecule has 1 aromatic carbocycles. The van der Waals surface area contributed by atoms with Gasteiger partial charge in [0, 0.05) is 32.5 Å². The lowest BCUT2D eigenvalue weighted by Gasteiger charge is -2.38. The van der Waals surface area contributed by atoms with Crippen molar-refractivity contribution in [3.63, 3.8) is 0 Å². The summed E-state index contributed by atoms with van der Waals surface area (Å²) in [5, 5.41) is 9.85. The second-order valence-electron chi connectivity index (χ2n) is 9.38. The van der Waals surface area contributed by atoms with Crippen LogP contribution in [-0.4, -0.2) is 51.8 Å². The van der Waals surface area contributed by atoms with Gasteiger partial charge in [-0.1, -0.05) is 44.5 Å². The van der Waals surface area contributed by atoms with Gasteiger partial charge in [0.25, 0.3) is 0 Å². The van der Waals surface area contributed by atoms with E-state index in [9.17, 15) is 19.5 Å². The number of likely N-dealkylation sites (tertiary alicyclic amines) is 1. The summed E-state index contributed by atoms with van der Waals surface area (Å²) in [7, 11) is 0. The highest BCUT2D eigenvalue weighted by atomic mass is 16.4. The first-order valence-electron chi connectivity index (χ1n) is 10.7. The van der Waals surface area contributed by atoms with Crippen LogP contribution in [0.3, 0.4) is 0 Å². The number of carbonyl (C=O) groups excluding carboxylic acids is 2. The van der Waals surface area contributed by atoms with Crippen LogP contribution in [0, 0.1) is 17.3 Å². The third-order valence-electron chi connectivity index (χ3n) is 7.05. The van der Waals surface area contributed by atoms with Crippen molar-refractivity contribution in [2.75, 3.05) is 13.1 Å². The lowest BCUT2D eigenvalue weighted by Crippen LogP contribution is -2.54. The Morgan fingerprint density at radius 3 is 2.59 bits per heavy atom. The first-order chi connectivity index (χ1) is 13.8. The van der Waals surface area contributed by atoms with E-state index in [2.05, 4.69) is 0 Å². The standard InChI is InChI=1S/C23H30N2O4/c1-15(2)10-20(26)25-12-17-7-4-3-6-16(17)11-19(25)21(27)24-13-18-8-5-9-23(18,14-24)22(28)29/h3-4,6-7,15,18-19H,5,8-14H2,1-2H3,(H,28,29)/t18-,19?,23+/m0/s1. The number of benzene rings is 1. The molecule has 0 aromatic heterocycles. The number of fused-ring (bicyclic) bond motifs is 2. The van der Waals surface area contributed by atoms with E-state index >= 15 is 0 Å². The van der Waals surface area contributed by atoms with E-state index in [0.29, 0.717) is 32.4 Å². The van der Waals surface area contributed by atoms with Crippen molar-refractivity contribution >= 4 is 17.8 Å². The van der Waals surface area contributed by atoms with Crippen molar-refractivity contribution in [3.8, 4) is 0 Å². The van der Waals surface area contributed by atoms with Gasteiger partial charge in [0.05, 0.1) is 5.41 Å². The molecule has 1 unspecified atom stereocenters. The molecule has 6 heteroatoms. The van der Waals surface area contributed by atoms with Gasteiger partial charge in [0.15, 0.2) is 0 Å². The van der Waals surface area contributed by atoms with Crippen LogP contribution in [0.4, 0.5) is 0 Å². The monoisotopic (exact) mass is 398 g/mol. The molecule has 3 aliphatic rings. The van der Waals surface area contributed by atoms with Crippen LogP contribution >= 0.6 is 0 Å². The molecule has 1 N–H and O–H groups in total. The maximum atomic E-state index is 13.5. The van der Waals surface area contributed by atoms with Crippen molar-refractivity contribution in [3.05, 3.63) is 35.4 Å². The van der Waals surface area contributed by atoms with Gasteiger partial charge in [-0.3, -0.25) is 14.4 Å².